The van der Waals surface area contributed by atoms with Crippen molar-refractivity contribution in [1.29, 1.82) is 0 Å². The highest BCUT2D eigenvalue weighted by atomic mass is 15.1. The maximum atomic E-state index is 3.86. The summed E-state index contributed by atoms with van der Waals surface area (Å²) in [6, 6.07) is 0.759. The van der Waals surface area contributed by atoms with E-state index in [2.05, 4.69) is 36.3 Å². The van der Waals surface area contributed by atoms with E-state index >= 15 is 0 Å². The van der Waals surface area contributed by atoms with Gasteiger partial charge >= 0.3 is 0 Å². The zero-order valence-electron chi connectivity index (χ0n) is 11.2. The van der Waals surface area contributed by atoms with Crippen LogP contribution in [0.4, 0.5) is 0 Å². The molecule has 2 nitrogen and oxygen atoms in total. The first-order valence-electron chi connectivity index (χ1n) is 7.32. The molecular formula is C15H26N2. The van der Waals surface area contributed by atoms with Gasteiger partial charge in [0.15, 0.2) is 0 Å². The van der Waals surface area contributed by atoms with E-state index in [9.17, 15) is 0 Å². The minimum Gasteiger partial charge on any atom is -0.313 e. The lowest BCUT2D eigenvalue weighted by Crippen LogP contribution is -2.48. The predicted molar refractivity (Wildman–Crippen MR) is 71.9 cm³/mol. The summed E-state index contributed by atoms with van der Waals surface area (Å²) in [5.74, 6) is 3.55. The molecule has 1 aliphatic heterocycles. The highest BCUT2D eigenvalue weighted by Crippen LogP contribution is 2.43. The average molecular weight is 234 g/mol. The molecule has 0 radical (unpaired) electrons. The molecule has 1 heterocycles. The molecule has 3 rings (SSSR count). The molecule has 0 amide bonds. The molecule has 1 N–H and O–H groups in total. The van der Waals surface area contributed by atoms with Crippen LogP contribution in [0.5, 0.6) is 0 Å². The highest BCUT2D eigenvalue weighted by Gasteiger charge is 2.36. The van der Waals surface area contributed by atoms with Gasteiger partial charge in [-0.05, 0) is 63.1 Å². The van der Waals surface area contributed by atoms with E-state index in [1.807, 2.05) is 0 Å². The Morgan fingerprint density at radius 3 is 2.82 bits per heavy atom. The van der Waals surface area contributed by atoms with Crippen LogP contribution in [-0.4, -0.2) is 37.6 Å². The van der Waals surface area contributed by atoms with Crippen LogP contribution in [0.25, 0.3) is 0 Å². The lowest BCUT2D eigenvalue weighted by atomic mass is 9.90. The van der Waals surface area contributed by atoms with Gasteiger partial charge in [0.2, 0.25) is 0 Å². The molecule has 5 unspecified atom stereocenters. The van der Waals surface area contributed by atoms with Crippen molar-refractivity contribution < 1.29 is 0 Å². The van der Waals surface area contributed by atoms with Crippen molar-refractivity contribution in [1.82, 2.24) is 10.2 Å². The van der Waals surface area contributed by atoms with Gasteiger partial charge in [0.25, 0.3) is 0 Å². The van der Waals surface area contributed by atoms with Gasteiger partial charge in [-0.2, -0.15) is 0 Å². The van der Waals surface area contributed by atoms with Crippen molar-refractivity contribution in [3.8, 4) is 0 Å². The Hall–Kier alpha value is -0.340. The Morgan fingerprint density at radius 2 is 2.18 bits per heavy atom. The minimum absolute atomic E-state index is 0.759. The molecule has 1 saturated heterocycles. The minimum atomic E-state index is 0.759. The molecule has 1 saturated carbocycles. The van der Waals surface area contributed by atoms with Crippen molar-refractivity contribution >= 4 is 0 Å². The largest absolute Gasteiger partial charge is 0.313 e. The van der Waals surface area contributed by atoms with Gasteiger partial charge < -0.3 is 10.2 Å². The van der Waals surface area contributed by atoms with Gasteiger partial charge in [-0.3, -0.25) is 0 Å². The molecule has 2 bridgehead atoms. The van der Waals surface area contributed by atoms with Crippen LogP contribution >= 0.6 is 0 Å². The third kappa shape index (κ3) is 2.43. The number of nitrogens with one attached hydrogen (secondary N) is 1. The van der Waals surface area contributed by atoms with Crippen molar-refractivity contribution in [2.24, 2.45) is 23.7 Å². The van der Waals surface area contributed by atoms with Crippen molar-refractivity contribution in [3.63, 3.8) is 0 Å². The average Bonchev–Trinajstić information content (AvgIpc) is 2.89. The van der Waals surface area contributed by atoms with Gasteiger partial charge in [-0.15, -0.1) is 0 Å². The van der Waals surface area contributed by atoms with Crippen LogP contribution in [0, 0.1) is 23.7 Å². The molecule has 3 aliphatic rings. The normalized spacial score (nSPS) is 45.6. The van der Waals surface area contributed by atoms with Crippen LogP contribution in [-0.2, 0) is 0 Å². The summed E-state index contributed by atoms with van der Waals surface area (Å²) in [6.45, 7) is 6.17. The molecule has 0 aromatic carbocycles. The van der Waals surface area contributed by atoms with E-state index in [1.54, 1.807) is 0 Å². The van der Waals surface area contributed by atoms with Crippen LogP contribution in [0.2, 0.25) is 0 Å². The van der Waals surface area contributed by atoms with Crippen LogP contribution in [0.15, 0.2) is 12.2 Å². The third-order valence-corrected chi connectivity index (χ3v) is 5.17. The van der Waals surface area contributed by atoms with E-state index in [0.29, 0.717) is 0 Å². The number of rotatable bonds is 3. The zero-order valence-corrected chi connectivity index (χ0v) is 11.2. The van der Waals surface area contributed by atoms with E-state index in [0.717, 1.165) is 29.7 Å². The molecule has 2 aliphatic carbocycles. The fourth-order valence-corrected chi connectivity index (χ4v) is 4.09. The van der Waals surface area contributed by atoms with Crippen molar-refractivity contribution in [3.05, 3.63) is 12.2 Å². The lowest BCUT2D eigenvalue weighted by molar-refractivity contribution is 0.169. The van der Waals surface area contributed by atoms with Gasteiger partial charge in [-0.1, -0.05) is 19.1 Å². The molecule has 96 valence electrons. The van der Waals surface area contributed by atoms with Crippen LogP contribution < -0.4 is 5.32 Å². The fraction of sp³-hybridized carbons (Fsp3) is 0.867. The van der Waals surface area contributed by atoms with Gasteiger partial charge in [0.05, 0.1) is 0 Å². The molecule has 0 aromatic rings. The molecule has 17 heavy (non-hydrogen) atoms. The number of nitrogens with zero attached hydrogens (tertiary/aromatic N) is 1. The number of fused-ring (bicyclic) bond motifs is 2. The number of likely N-dealkylation sites (tertiary alicyclic amines) is 1. The number of piperidine rings is 1. The highest BCUT2D eigenvalue weighted by molar-refractivity contribution is 5.10. The second kappa shape index (κ2) is 4.74. The standard InChI is InChI=1S/C15H26N2/c1-11-10-17(2)6-5-15(11)16-9-14-8-12-3-4-13(14)7-12/h3-4,11-16H,5-10H2,1-2H3. The summed E-state index contributed by atoms with van der Waals surface area (Å²) in [5, 5.41) is 3.86. The van der Waals surface area contributed by atoms with Gasteiger partial charge in [0.1, 0.15) is 0 Å². The first-order valence-corrected chi connectivity index (χ1v) is 7.32. The van der Waals surface area contributed by atoms with Crippen molar-refractivity contribution in [2.75, 3.05) is 26.7 Å². The lowest BCUT2D eigenvalue weighted by Gasteiger charge is -2.36. The summed E-state index contributed by atoms with van der Waals surface area (Å²) in [4.78, 5) is 2.46. The Balaban J connectivity index is 1.47. The topological polar surface area (TPSA) is 15.3 Å². The SMILES string of the molecule is CC1CN(C)CCC1NCC1CC2C=CC1C2. The molecular weight excluding hydrogens is 208 g/mol. The number of hydrogen-bond acceptors (Lipinski definition) is 2. The predicted octanol–water partition coefficient (Wildman–Crippen LogP) is 2.13. The Morgan fingerprint density at radius 1 is 1.29 bits per heavy atom. The van der Waals surface area contributed by atoms with Crippen LogP contribution in [0.3, 0.4) is 0 Å². The van der Waals surface area contributed by atoms with Crippen LogP contribution in [0.1, 0.15) is 26.2 Å². The van der Waals surface area contributed by atoms with E-state index in [1.165, 1.54) is 38.9 Å². The first kappa shape index (κ1) is 11.7. The monoisotopic (exact) mass is 234 g/mol. The van der Waals surface area contributed by atoms with E-state index in [4.69, 9.17) is 0 Å². The quantitative estimate of drug-likeness (QED) is 0.753. The fourth-order valence-electron chi connectivity index (χ4n) is 4.09. The smallest absolute Gasteiger partial charge is 0.0117 e. The first-order chi connectivity index (χ1) is 8.22. The second-order valence-electron chi connectivity index (χ2n) is 6.58. The van der Waals surface area contributed by atoms with Gasteiger partial charge in [-0.25, -0.2) is 0 Å². The molecule has 2 fully saturated rings. The summed E-state index contributed by atoms with van der Waals surface area (Å²) < 4.78 is 0. The number of allylic oxidation sites excluding steroid dienone is 2. The molecule has 0 aromatic heterocycles. The molecule has 5 atom stereocenters. The summed E-state index contributed by atoms with van der Waals surface area (Å²) in [6.07, 6.45) is 9.12. The second-order valence-corrected chi connectivity index (χ2v) is 6.58. The maximum absolute atomic E-state index is 3.86. The zero-order chi connectivity index (χ0) is 11.8. The summed E-state index contributed by atoms with van der Waals surface area (Å²) in [5.41, 5.74) is 0. The maximum Gasteiger partial charge on any atom is 0.0117 e. The Bertz CT molecular complexity index is 299. The van der Waals surface area contributed by atoms with Gasteiger partial charge in [0, 0.05) is 12.6 Å². The summed E-state index contributed by atoms with van der Waals surface area (Å²) in [7, 11) is 2.24. The molecule has 0 spiro atoms. The number of hydrogen-bond donors (Lipinski definition) is 1. The Kier molecular flexibility index (Phi) is 3.27. The third-order valence-electron chi connectivity index (χ3n) is 5.17. The molecule has 2 heteroatoms. The Labute approximate surface area is 105 Å². The van der Waals surface area contributed by atoms with E-state index in [-0.39, 0.29) is 0 Å². The van der Waals surface area contributed by atoms with Crippen molar-refractivity contribution in [2.45, 2.75) is 32.2 Å². The summed E-state index contributed by atoms with van der Waals surface area (Å²) >= 11 is 0. The van der Waals surface area contributed by atoms with E-state index < -0.39 is 0 Å².